The molecule has 0 saturated carbocycles. The zero-order chi connectivity index (χ0) is 21.6. The van der Waals surface area contributed by atoms with Gasteiger partial charge in [-0.1, -0.05) is 0 Å². The van der Waals surface area contributed by atoms with E-state index < -0.39 is 43.2 Å². The molecule has 1 unspecified atom stereocenters. The van der Waals surface area contributed by atoms with Gasteiger partial charge in [-0.05, 0) is 13.8 Å². The molecule has 2 aromatic heterocycles. The average Bonchev–Trinajstić information content (AvgIpc) is 2.99. The maximum Gasteiger partial charge on any atom is 0.522 e. The van der Waals surface area contributed by atoms with E-state index in [1.165, 1.54) is 18.7 Å². The van der Waals surface area contributed by atoms with Crippen LogP contribution in [0.3, 0.4) is 0 Å². The average molecular weight is 426 g/mol. The highest BCUT2D eigenvalue weighted by Crippen LogP contribution is 2.29. The molecule has 3 heterocycles. The number of carbonyl (C=O) groups is 1. The van der Waals surface area contributed by atoms with Gasteiger partial charge in [-0.25, -0.2) is 14.6 Å². The highest BCUT2D eigenvalue weighted by Gasteiger charge is 2.46. The number of halogens is 6. The number of amides is 1. The van der Waals surface area contributed by atoms with Gasteiger partial charge in [-0.3, -0.25) is 9.53 Å². The number of carbonyl (C=O) groups excluding carboxylic acids is 1. The van der Waals surface area contributed by atoms with Crippen molar-refractivity contribution >= 4 is 22.8 Å². The van der Waals surface area contributed by atoms with Crippen molar-refractivity contribution in [3.05, 3.63) is 12.5 Å². The molecule has 1 saturated heterocycles. The van der Waals surface area contributed by atoms with Gasteiger partial charge in [0.25, 0.3) is 0 Å². The molecular weight excluding hydrogens is 410 g/mol. The van der Waals surface area contributed by atoms with Gasteiger partial charge in [0, 0.05) is 6.54 Å². The molecule has 14 heteroatoms. The van der Waals surface area contributed by atoms with Crippen molar-refractivity contribution in [1.82, 2.24) is 24.6 Å². The minimum atomic E-state index is -4.79. The lowest BCUT2D eigenvalue weighted by Gasteiger charge is -2.46. The molecule has 1 aliphatic heterocycles. The van der Waals surface area contributed by atoms with E-state index in [-0.39, 0.29) is 23.4 Å². The van der Waals surface area contributed by atoms with E-state index in [1.54, 1.807) is 0 Å². The molecule has 0 spiro atoms. The Morgan fingerprint density at radius 1 is 1.31 bits per heavy atom. The minimum Gasteiger partial charge on any atom is -0.358 e. The van der Waals surface area contributed by atoms with Crippen molar-refractivity contribution in [1.29, 1.82) is 0 Å². The Bertz CT molecular complexity index is 898. The first kappa shape index (κ1) is 21.1. The van der Waals surface area contributed by atoms with Crippen LogP contribution in [-0.2, 0) is 16.1 Å². The second-order valence-electron chi connectivity index (χ2n) is 6.58. The number of nitrogens with one attached hydrogen (secondary N) is 1. The van der Waals surface area contributed by atoms with Crippen LogP contribution in [0.25, 0.3) is 11.0 Å². The molecule has 29 heavy (non-hydrogen) atoms. The summed E-state index contributed by atoms with van der Waals surface area (Å²) in [6, 6.07) is -1.69. The third-order valence-electron chi connectivity index (χ3n) is 4.46. The minimum absolute atomic E-state index is 0.0737. The monoisotopic (exact) mass is 426 g/mol. The zero-order valence-electron chi connectivity index (χ0n) is 15.1. The van der Waals surface area contributed by atoms with E-state index in [0.717, 1.165) is 12.5 Å². The summed E-state index contributed by atoms with van der Waals surface area (Å²) in [5, 5.41) is 6.57. The zero-order valence-corrected chi connectivity index (χ0v) is 15.1. The Kier molecular flexibility index (Phi) is 5.32. The quantitative estimate of drug-likeness (QED) is 0.739. The third-order valence-corrected chi connectivity index (χ3v) is 4.46. The summed E-state index contributed by atoms with van der Waals surface area (Å²) in [4.78, 5) is 21.4. The second kappa shape index (κ2) is 7.31. The smallest absolute Gasteiger partial charge is 0.358 e. The Balaban J connectivity index is 1.69. The largest absolute Gasteiger partial charge is 0.522 e. The molecule has 1 aliphatic rings. The normalized spacial score (nSPS) is 21.2. The van der Waals surface area contributed by atoms with Crippen molar-refractivity contribution in [3.8, 4) is 0 Å². The summed E-state index contributed by atoms with van der Waals surface area (Å²) in [5.74, 6) is -0.422. The summed E-state index contributed by atoms with van der Waals surface area (Å²) < 4.78 is 79.3. The van der Waals surface area contributed by atoms with Crippen molar-refractivity contribution in [2.45, 2.75) is 51.1 Å². The Hall–Kier alpha value is -2.64. The Morgan fingerprint density at radius 3 is 2.59 bits per heavy atom. The fourth-order valence-corrected chi connectivity index (χ4v) is 2.98. The van der Waals surface area contributed by atoms with E-state index in [4.69, 9.17) is 0 Å². The third kappa shape index (κ3) is 4.68. The Labute approximate surface area is 159 Å². The standard InChI is InChI=1S/C15H16F6N6O2/c1-7(13(28)26-4-10(8(26)2)29-15(19,20)21)25-11-9-3-24-27(5-14(16,17)18)12(9)23-6-22-11/h3,6-8,10H,4-5H2,1-2H3,(H,22,23,25)/t7-,8+,10?/m1/s1. The van der Waals surface area contributed by atoms with Gasteiger partial charge in [-0.15, -0.1) is 13.2 Å². The number of hydrogen-bond acceptors (Lipinski definition) is 6. The van der Waals surface area contributed by atoms with Gasteiger partial charge in [0.15, 0.2) is 5.65 Å². The molecule has 0 bridgehead atoms. The van der Waals surface area contributed by atoms with Crippen LogP contribution in [-0.4, -0.2) is 67.8 Å². The van der Waals surface area contributed by atoms with Gasteiger partial charge in [-0.2, -0.15) is 18.3 Å². The van der Waals surface area contributed by atoms with Crippen LogP contribution < -0.4 is 5.32 Å². The summed E-state index contributed by atoms with van der Waals surface area (Å²) >= 11 is 0. The van der Waals surface area contributed by atoms with E-state index >= 15 is 0 Å². The van der Waals surface area contributed by atoms with Gasteiger partial charge < -0.3 is 10.2 Å². The molecule has 0 aromatic carbocycles. The van der Waals surface area contributed by atoms with Gasteiger partial charge >= 0.3 is 12.5 Å². The number of likely N-dealkylation sites (tertiary alicyclic amines) is 1. The van der Waals surface area contributed by atoms with E-state index in [9.17, 15) is 31.1 Å². The topological polar surface area (TPSA) is 85.2 Å². The molecule has 160 valence electrons. The molecule has 1 fully saturated rings. The van der Waals surface area contributed by atoms with Crippen LogP contribution in [0.15, 0.2) is 12.5 Å². The summed E-state index contributed by atoms with van der Waals surface area (Å²) in [5.41, 5.74) is -0.0737. The first-order valence-corrected chi connectivity index (χ1v) is 8.40. The molecule has 1 N–H and O–H groups in total. The number of fused-ring (bicyclic) bond motifs is 1. The molecule has 2 aromatic rings. The number of alkyl halides is 6. The lowest BCUT2D eigenvalue weighted by atomic mass is 10.00. The number of hydrogen-bond donors (Lipinski definition) is 1. The molecule has 3 rings (SSSR count). The van der Waals surface area contributed by atoms with E-state index in [2.05, 4.69) is 25.1 Å². The lowest BCUT2D eigenvalue weighted by molar-refractivity contribution is -0.359. The van der Waals surface area contributed by atoms with E-state index in [1.807, 2.05) is 0 Å². The number of nitrogens with zero attached hydrogens (tertiary/aromatic N) is 5. The summed E-state index contributed by atoms with van der Waals surface area (Å²) in [6.07, 6.45) is -8.28. The number of aromatic nitrogens is 4. The summed E-state index contributed by atoms with van der Waals surface area (Å²) in [6.45, 7) is 1.32. The Morgan fingerprint density at radius 2 is 2.00 bits per heavy atom. The van der Waals surface area contributed by atoms with Crippen LogP contribution in [0.5, 0.6) is 0 Å². The second-order valence-corrected chi connectivity index (χ2v) is 6.58. The van der Waals surface area contributed by atoms with Crippen molar-refractivity contribution in [3.63, 3.8) is 0 Å². The highest BCUT2D eigenvalue weighted by atomic mass is 19.4. The number of anilines is 1. The van der Waals surface area contributed by atoms with Crippen molar-refractivity contribution in [2.24, 2.45) is 0 Å². The fourth-order valence-electron chi connectivity index (χ4n) is 2.98. The fraction of sp³-hybridized carbons (Fsp3) is 0.600. The van der Waals surface area contributed by atoms with E-state index in [0.29, 0.717) is 4.68 Å². The predicted molar refractivity (Wildman–Crippen MR) is 86.6 cm³/mol. The predicted octanol–water partition coefficient (Wildman–Crippen LogP) is 2.32. The SMILES string of the molecule is C[C@@H](Nc1ncnc2c1cnn2CC(F)(F)F)C(=O)N1CC(OC(F)(F)F)[C@@H]1C. The van der Waals surface area contributed by atoms with Crippen LogP contribution in [0, 0.1) is 0 Å². The first-order valence-electron chi connectivity index (χ1n) is 8.40. The first-order chi connectivity index (χ1) is 13.4. The molecule has 0 radical (unpaired) electrons. The van der Waals surface area contributed by atoms with Crippen LogP contribution in [0.1, 0.15) is 13.8 Å². The maximum absolute atomic E-state index is 12.6. The van der Waals surface area contributed by atoms with Crippen molar-refractivity contribution < 1.29 is 35.9 Å². The molecule has 1 amide bonds. The van der Waals surface area contributed by atoms with Crippen molar-refractivity contribution in [2.75, 3.05) is 11.9 Å². The van der Waals surface area contributed by atoms with Crippen LogP contribution in [0.2, 0.25) is 0 Å². The molecule has 8 nitrogen and oxygen atoms in total. The van der Waals surface area contributed by atoms with Gasteiger partial charge in [0.05, 0.1) is 17.6 Å². The lowest BCUT2D eigenvalue weighted by Crippen LogP contribution is -2.64. The van der Waals surface area contributed by atoms with Crippen LogP contribution in [0.4, 0.5) is 32.2 Å². The number of ether oxygens (including phenoxy) is 1. The van der Waals surface area contributed by atoms with Gasteiger partial charge in [0.2, 0.25) is 5.91 Å². The molecule has 3 atom stereocenters. The molecular formula is C15H16F6N6O2. The molecule has 0 aliphatic carbocycles. The highest BCUT2D eigenvalue weighted by molar-refractivity contribution is 5.90. The van der Waals surface area contributed by atoms with Crippen LogP contribution >= 0.6 is 0 Å². The number of rotatable bonds is 5. The van der Waals surface area contributed by atoms with Gasteiger partial charge in [0.1, 0.15) is 30.8 Å². The summed E-state index contributed by atoms with van der Waals surface area (Å²) in [7, 11) is 0. The maximum atomic E-state index is 12.6.